The van der Waals surface area contributed by atoms with Crippen LogP contribution in [0.25, 0.3) is 0 Å². The fraction of sp³-hybridized carbons (Fsp3) is 0.833. The molecule has 0 radical (unpaired) electrons. The maximum Gasteiger partial charge on any atom is 0.302 e. The molecule has 0 saturated carbocycles. The van der Waals surface area contributed by atoms with Crippen molar-refractivity contribution in [3.8, 4) is 0 Å². The predicted octanol–water partition coefficient (Wildman–Crippen LogP) is 1.30. The molecule has 9 heavy (non-hydrogen) atoms. The Bertz CT molecular complexity index is 93.1. The number of hydrogen-bond acceptors (Lipinski definition) is 3. The van der Waals surface area contributed by atoms with Crippen molar-refractivity contribution >= 4 is 17.7 Å². The standard InChI is InChI=1S/C6H12O2S/c1-5(4-9-3)8-6(2)7/h5H,4H2,1-3H3. The van der Waals surface area contributed by atoms with Crippen molar-refractivity contribution in [1.29, 1.82) is 0 Å². The van der Waals surface area contributed by atoms with Gasteiger partial charge in [0.1, 0.15) is 6.10 Å². The van der Waals surface area contributed by atoms with Crippen molar-refractivity contribution in [2.45, 2.75) is 20.0 Å². The average Bonchev–Trinajstić information content (AvgIpc) is 1.63. The van der Waals surface area contributed by atoms with Crippen LogP contribution in [0.5, 0.6) is 0 Å². The van der Waals surface area contributed by atoms with Crippen LogP contribution in [-0.2, 0) is 9.53 Å². The lowest BCUT2D eigenvalue weighted by molar-refractivity contribution is -0.144. The van der Waals surface area contributed by atoms with Crippen LogP contribution in [0.2, 0.25) is 0 Å². The Morgan fingerprint density at radius 2 is 2.33 bits per heavy atom. The van der Waals surface area contributed by atoms with Crippen molar-refractivity contribution in [1.82, 2.24) is 0 Å². The Morgan fingerprint density at radius 1 is 1.78 bits per heavy atom. The fourth-order valence-electron chi connectivity index (χ4n) is 0.552. The van der Waals surface area contributed by atoms with Gasteiger partial charge in [-0.05, 0) is 13.2 Å². The van der Waals surface area contributed by atoms with E-state index < -0.39 is 0 Å². The Morgan fingerprint density at radius 3 is 2.67 bits per heavy atom. The van der Waals surface area contributed by atoms with Crippen molar-refractivity contribution in [3.63, 3.8) is 0 Å². The van der Waals surface area contributed by atoms with E-state index in [1.807, 2.05) is 13.2 Å². The zero-order valence-corrected chi connectivity index (χ0v) is 6.83. The summed E-state index contributed by atoms with van der Waals surface area (Å²) >= 11 is 1.67. The minimum atomic E-state index is -0.198. The van der Waals surface area contributed by atoms with Crippen LogP contribution in [-0.4, -0.2) is 24.1 Å². The number of esters is 1. The molecule has 0 fully saturated rings. The molecule has 54 valence electrons. The summed E-state index contributed by atoms with van der Waals surface area (Å²) < 4.78 is 4.83. The largest absolute Gasteiger partial charge is 0.462 e. The molecule has 1 atom stereocenters. The number of ether oxygens (including phenoxy) is 1. The zero-order valence-electron chi connectivity index (χ0n) is 6.01. The maximum absolute atomic E-state index is 10.3. The normalized spacial score (nSPS) is 12.8. The van der Waals surface area contributed by atoms with E-state index in [-0.39, 0.29) is 12.1 Å². The van der Waals surface area contributed by atoms with E-state index in [4.69, 9.17) is 4.74 Å². The molecule has 0 amide bonds. The van der Waals surface area contributed by atoms with Crippen LogP contribution in [0.3, 0.4) is 0 Å². The number of rotatable bonds is 3. The molecule has 0 spiro atoms. The zero-order chi connectivity index (χ0) is 7.28. The van der Waals surface area contributed by atoms with E-state index in [0.717, 1.165) is 5.75 Å². The first-order valence-electron chi connectivity index (χ1n) is 2.83. The average molecular weight is 148 g/mol. The molecule has 0 aromatic rings. The molecule has 0 aromatic carbocycles. The highest BCUT2D eigenvalue weighted by atomic mass is 32.2. The lowest BCUT2D eigenvalue weighted by atomic mass is 10.5. The van der Waals surface area contributed by atoms with Crippen LogP contribution >= 0.6 is 11.8 Å². The molecule has 0 aromatic heterocycles. The van der Waals surface area contributed by atoms with Gasteiger partial charge in [0.15, 0.2) is 0 Å². The number of thioether (sulfide) groups is 1. The molecule has 0 aliphatic heterocycles. The molecular formula is C6H12O2S. The molecule has 1 unspecified atom stereocenters. The van der Waals surface area contributed by atoms with E-state index in [0.29, 0.717) is 0 Å². The third-order valence-electron chi connectivity index (χ3n) is 0.769. The molecule has 0 aliphatic carbocycles. The highest BCUT2D eigenvalue weighted by Crippen LogP contribution is 2.00. The molecule has 2 nitrogen and oxygen atoms in total. The maximum atomic E-state index is 10.3. The van der Waals surface area contributed by atoms with Gasteiger partial charge in [-0.25, -0.2) is 0 Å². The lowest BCUT2D eigenvalue weighted by Gasteiger charge is -2.08. The Kier molecular flexibility index (Phi) is 4.58. The van der Waals surface area contributed by atoms with E-state index in [1.165, 1.54) is 6.92 Å². The van der Waals surface area contributed by atoms with Gasteiger partial charge >= 0.3 is 5.97 Å². The minimum Gasteiger partial charge on any atom is -0.462 e. The molecule has 0 rings (SSSR count). The summed E-state index contributed by atoms with van der Waals surface area (Å²) in [5.41, 5.74) is 0. The van der Waals surface area contributed by atoms with Crippen LogP contribution < -0.4 is 0 Å². The Balaban J connectivity index is 3.26. The first kappa shape index (κ1) is 8.82. The molecule has 3 heteroatoms. The van der Waals surface area contributed by atoms with Crippen LogP contribution in [0, 0.1) is 0 Å². The minimum absolute atomic E-state index is 0.0532. The topological polar surface area (TPSA) is 26.3 Å². The van der Waals surface area contributed by atoms with Crippen LogP contribution in [0.1, 0.15) is 13.8 Å². The molecule has 0 aliphatic rings. The number of hydrogen-bond donors (Lipinski definition) is 0. The summed E-state index contributed by atoms with van der Waals surface area (Å²) in [5, 5.41) is 0. The van der Waals surface area contributed by atoms with Gasteiger partial charge < -0.3 is 4.74 Å². The summed E-state index contributed by atoms with van der Waals surface area (Å²) in [6.07, 6.45) is 2.04. The van der Waals surface area contributed by atoms with Gasteiger partial charge in [-0.2, -0.15) is 11.8 Å². The molecule has 0 saturated heterocycles. The van der Waals surface area contributed by atoms with Crippen molar-refractivity contribution in [2.24, 2.45) is 0 Å². The van der Waals surface area contributed by atoms with E-state index in [1.54, 1.807) is 11.8 Å². The highest BCUT2D eigenvalue weighted by molar-refractivity contribution is 7.98. The third kappa shape index (κ3) is 5.69. The molecule has 0 N–H and O–H groups in total. The van der Waals surface area contributed by atoms with Gasteiger partial charge in [0.2, 0.25) is 0 Å². The smallest absolute Gasteiger partial charge is 0.302 e. The molecular weight excluding hydrogens is 136 g/mol. The summed E-state index contributed by atoms with van der Waals surface area (Å²) in [4.78, 5) is 10.3. The number of carbonyl (C=O) groups excluding carboxylic acids is 1. The Hall–Kier alpha value is -0.180. The highest BCUT2D eigenvalue weighted by Gasteiger charge is 2.01. The van der Waals surface area contributed by atoms with Gasteiger partial charge in [-0.15, -0.1) is 0 Å². The quantitative estimate of drug-likeness (QED) is 0.564. The SMILES string of the molecule is CSCC(C)OC(C)=O. The molecule has 0 heterocycles. The first-order valence-corrected chi connectivity index (χ1v) is 4.22. The van der Waals surface area contributed by atoms with Gasteiger partial charge in [0.05, 0.1) is 0 Å². The lowest BCUT2D eigenvalue weighted by Crippen LogP contribution is -2.14. The van der Waals surface area contributed by atoms with Gasteiger partial charge in [0, 0.05) is 12.7 Å². The van der Waals surface area contributed by atoms with Crippen LogP contribution in [0.15, 0.2) is 0 Å². The fourth-order valence-corrected chi connectivity index (χ4v) is 1.09. The first-order chi connectivity index (χ1) is 4.16. The Labute approximate surface area is 60.0 Å². The van der Waals surface area contributed by atoms with Gasteiger partial charge in [-0.3, -0.25) is 4.79 Å². The summed E-state index contributed by atoms with van der Waals surface area (Å²) in [6.45, 7) is 3.31. The number of carbonyl (C=O) groups is 1. The predicted molar refractivity (Wildman–Crippen MR) is 39.6 cm³/mol. The van der Waals surface area contributed by atoms with Crippen molar-refractivity contribution in [3.05, 3.63) is 0 Å². The van der Waals surface area contributed by atoms with Crippen LogP contribution in [0.4, 0.5) is 0 Å². The molecule has 0 bridgehead atoms. The monoisotopic (exact) mass is 148 g/mol. The van der Waals surface area contributed by atoms with Gasteiger partial charge in [0.25, 0.3) is 0 Å². The van der Waals surface area contributed by atoms with E-state index >= 15 is 0 Å². The summed E-state index contributed by atoms with van der Waals surface area (Å²) in [7, 11) is 0. The summed E-state index contributed by atoms with van der Waals surface area (Å²) in [6, 6.07) is 0. The second-order valence-electron chi connectivity index (χ2n) is 1.88. The second-order valence-corrected chi connectivity index (χ2v) is 2.79. The van der Waals surface area contributed by atoms with Crippen molar-refractivity contribution in [2.75, 3.05) is 12.0 Å². The second kappa shape index (κ2) is 4.68. The van der Waals surface area contributed by atoms with E-state index in [9.17, 15) is 4.79 Å². The third-order valence-corrected chi connectivity index (χ3v) is 1.57. The van der Waals surface area contributed by atoms with E-state index in [2.05, 4.69) is 0 Å². The van der Waals surface area contributed by atoms with Gasteiger partial charge in [-0.1, -0.05) is 0 Å². The van der Waals surface area contributed by atoms with Crippen molar-refractivity contribution < 1.29 is 9.53 Å². The summed E-state index contributed by atoms with van der Waals surface area (Å²) in [5.74, 6) is 0.677.